The molecule has 0 spiro atoms. The summed E-state index contributed by atoms with van der Waals surface area (Å²) in [6.07, 6.45) is 4.59. The van der Waals surface area contributed by atoms with E-state index in [0.29, 0.717) is 5.92 Å². The van der Waals surface area contributed by atoms with Gasteiger partial charge in [0.1, 0.15) is 11.5 Å². The van der Waals surface area contributed by atoms with Gasteiger partial charge < -0.3 is 4.74 Å². The van der Waals surface area contributed by atoms with Crippen molar-refractivity contribution in [2.45, 2.75) is 26.2 Å². The van der Waals surface area contributed by atoms with E-state index < -0.39 is 0 Å². The number of nitrogens with zero attached hydrogens (tertiary/aromatic N) is 1. The molecule has 0 N–H and O–H groups in total. The molecule has 3 heteroatoms. The molecule has 1 atom stereocenters. The molecule has 0 saturated heterocycles. The standard InChI is InChI=1S/C15H16BrNO/c1-3-11(2)12-4-6-14(7-5-12)18-15-8-13(16)9-17-10-15/h4-11H,3H2,1-2H3. The summed E-state index contributed by atoms with van der Waals surface area (Å²) in [7, 11) is 0. The van der Waals surface area contributed by atoms with Crippen LogP contribution in [0.25, 0.3) is 0 Å². The molecule has 2 nitrogen and oxygen atoms in total. The minimum absolute atomic E-state index is 0.589. The third kappa shape index (κ3) is 3.33. The SMILES string of the molecule is CCC(C)c1ccc(Oc2cncc(Br)c2)cc1. The molecule has 0 radical (unpaired) electrons. The highest BCUT2D eigenvalue weighted by molar-refractivity contribution is 9.10. The predicted octanol–water partition coefficient (Wildman–Crippen LogP) is 5.15. The monoisotopic (exact) mass is 305 g/mol. The van der Waals surface area contributed by atoms with Crippen molar-refractivity contribution < 1.29 is 4.74 Å². The van der Waals surface area contributed by atoms with Crippen molar-refractivity contribution in [2.75, 3.05) is 0 Å². The number of ether oxygens (including phenoxy) is 1. The second kappa shape index (κ2) is 6.01. The molecule has 0 aliphatic carbocycles. The van der Waals surface area contributed by atoms with Crippen LogP contribution in [-0.4, -0.2) is 4.98 Å². The van der Waals surface area contributed by atoms with Gasteiger partial charge in [0.05, 0.1) is 6.20 Å². The molecule has 2 aromatic rings. The van der Waals surface area contributed by atoms with E-state index in [2.05, 4.69) is 46.9 Å². The summed E-state index contributed by atoms with van der Waals surface area (Å²) in [4.78, 5) is 4.07. The maximum atomic E-state index is 5.74. The van der Waals surface area contributed by atoms with Gasteiger partial charge in [-0.25, -0.2) is 0 Å². The fourth-order valence-corrected chi connectivity index (χ4v) is 2.03. The zero-order chi connectivity index (χ0) is 13.0. The summed E-state index contributed by atoms with van der Waals surface area (Å²) in [5.74, 6) is 2.16. The third-order valence-corrected chi connectivity index (χ3v) is 3.41. The smallest absolute Gasteiger partial charge is 0.146 e. The Labute approximate surface area is 116 Å². The van der Waals surface area contributed by atoms with Crippen molar-refractivity contribution >= 4 is 15.9 Å². The second-order valence-electron chi connectivity index (χ2n) is 4.32. The van der Waals surface area contributed by atoms with Gasteiger partial charge in [0.2, 0.25) is 0 Å². The molecule has 1 aromatic heterocycles. The van der Waals surface area contributed by atoms with Crippen LogP contribution < -0.4 is 4.74 Å². The summed E-state index contributed by atoms with van der Waals surface area (Å²) in [6.45, 7) is 4.43. The van der Waals surface area contributed by atoms with Crippen LogP contribution in [0.15, 0.2) is 47.2 Å². The molecule has 18 heavy (non-hydrogen) atoms. The zero-order valence-electron chi connectivity index (χ0n) is 10.6. The van der Waals surface area contributed by atoms with Crippen LogP contribution in [0.3, 0.4) is 0 Å². The first-order valence-electron chi connectivity index (χ1n) is 6.07. The Morgan fingerprint density at radius 1 is 1.17 bits per heavy atom. The molecule has 1 heterocycles. The number of hydrogen-bond acceptors (Lipinski definition) is 2. The maximum Gasteiger partial charge on any atom is 0.146 e. The van der Waals surface area contributed by atoms with E-state index >= 15 is 0 Å². The Kier molecular flexibility index (Phi) is 4.37. The highest BCUT2D eigenvalue weighted by Crippen LogP contribution is 2.26. The summed E-state index contributed by atoms with van der Waals surface area (Å²) >= 11 is 3.37. The van der Waals surface area contributed by atoms with Crippen LogP contribution in [0.4, 0.5) is 0 Å². The Morgan fingerprint density at radius 3 is 2.50 bits per heavy atom. The number of hydrogen-bond donors (Lipinski definition) is 0. The zero-order valence-corrected chi connectivity index (χ0v) is 12.1. The fourth-order valence-electron chi connectivity index (χ4n) is 1.68. The first kappa shape index (κ1) is 13.1. The molecule has 0 bridgehead atoms. The van der Waals surface area contributed by atoms with Crippen molar-refractivity contribution in [1.29, 1.82) is 0 Å². The largest absolute Gasteiger partial charge is 0.456 e. The molecule has 94 valence electrons. The van der Waals surface area contributed by atoms with Crippen molar-refractivity contribution in [1.82, 2.24) is 4.98 Å². The Hall–Kier alpha value is -1.35. The molecular weight excluding hydrogens is 290 g/mol. The van der Waals surface area contributed by atoms with Gasteiger partial charge in [0.25, 0.3) is 0 Å². The van der Waals surface area contributed by atoms with Gasteiger partial charge in [0, 0.05) is 10.7 Å². The van der Waals surface area contributed by atoms with Gasteiger partial charge in [-0.1, -0.05) is 26.0 Å². The number of aromatic nitrogens is 1. The molecule has 0 amide bonds. The van der Waals surface area contributed by atoms with Crippen LogP contribution in [-0.2, 0) is 0 Å². The lowest BCUT2D eigenvalue weighted by molar-refractivity contribution is 0.479. The Balaban J connectivity index is 2.11. The molecule has 0 fully saturated rings. The van der Waals surface area contributed by atoms with E-state index in [1.165, 1.54) is 5.56 Å². The van der Waals surface area contributed by atoms with E-state index in [0.717, 1.165) is 22.4 Å². The summed E-state index contributed by atoms with van der Waals surface area (Å²) in [5.41, 5.74) is 1.34. The molecule has 0 saturated carbocycles. The van der Waals surface area contributed by atoms with Crippen LogP contribution in [0.5, 0.6) is 11.5 Å². The van der Waals surface area contributed by atoms with Crippen LogP contribution in [0.2, 0.25) is 0 Å². The average Bonchev–Trinajstić information content (AvgIpc) is 2.39. The minimum atomic E-state index is 0.589. The molecular formula is C15H16BrNO. The quantitative estimate of drug-likeness (QED) is 0.779. The van der Waals surface area contributed by atoms with Crippen molar-refractivity contribution in [2.24, 2.45) is 0 Å². The molecule has 0 aliphatic heterocycles. The van der Waals surface area contributed by atoms with Crippen LogP contribution >= 0.6 is 15.9 Å². The summed E-state index contributed by atoms with van der Waals surface area (Å²) in [6, 6.07) is 10.1. The highest BCUT2D eigenvalue weighted by atomic mass is 79.9. The van der Waals surface area contributed by atoms with Gasteiger partial charge in [0.15, 0.2) is 0 Å². The van der Waals surface area contributed by atoms with Crippen LogP contribution in [0, 0.1) is 0 Å². The third-order valence-electron chi connectivity index (χ3n) is 2.98. The van der Waals surface area contributed by atoms with Gasteiger partial charge in [-0.05, 0) is 52.0 Å². The number of halogens is 1. The van der Waals surface area contributed by atoms with Gasteiger partial charge >= 0.3 is 0 Å². The molecule has 1 unspecified atom stereocenters. The topological polar surface area (TPSA) is 22.1 Å². The number of rotatable bonds is 4. The fraction of sp³-hybridized carbons (Fsp3) is 0.267. The lowest BCUT2D eigenvalue weighted by Crippen LogP contribution is -1.91. The van der Waals surface area contributed by atoms with Crippen molar-refractivity contribution in [3.8, 4) is 11.5 Å². The highest BCUT2D eigenvalue weighted by Gasteiger charge is 2.03. The normalized spacial score (nSPS) is 12.2. The van der Waals surface area contributed by atoms with E-state index in [1.54, 1.807) is 12.4 Å². The van der Waals surface area contributed by atoms with Gasteiger partial charge in [-0.2, -0.15) is 0 Å². The van der Waals surface area contributed by atoms with Crippen molar-refractivity contribution in [3.05, 3.63) is 52.8 Å². The first-order valence-corrected chi connectivity index (χ1v) is 6.86. The maximum absolute atomic E-state index is 5.74. The lowest BCUT2D eigenvalue weighted by atomic mass is 9.99. The van der Waals surface area contributed by atoms with E-state index in [1.807, 2.05) is 18.2 Å². The second-order valence-corrected chi connectivity index (χ2v) is 5.23. The first-order chi connectivity index (χ1) is 8.69. The number of benzene rings is 1. The molecule has 2 rings (SSSR count). The summed E-state index contributed by atoms with van der Waals surface area (Å²) in [5, 5.41) is 0. The van der Waals surface area contributed by atoms with E-state index in [-0.39, 0.29) is 0 Å². The van der Waals surface area contributed by atoms with E-state index in [4.69, 9.17) is 4.74 Å². The Morgan fingerprint density at radius 2 is 1.89 bits per heavy atom. The number of pyridine rings is 1. The Bertz CT molecular complexity index is 510. The molecule has 0 aliphatic rings. The van der Waals surface area contributed by atoms with E-state index in [9.17, 15) is 0 Å². The van der Waals surface area contributed by atoms with Crippen molar-refractivity contribution in [3.63, 3.8) is 0 Å². The summed E-state index contributed by atoms with van der Waals surface area (Å²) < 4.78 is 6.65. The molecule has 1 aromatic carbocycles. The van der Waals surface area contributed by atoms with Gasteiger partial charge in [-0.3, -0.25) is 4.98 Å². The average molecular weight is 306 g/mol. The van der Waals surface area contributed by atoms with Gasteiger partial charge in [-0.15, -0.1) is 0 Å². The minimum Gasteiger partial charge on any atom is -0.456 e. The van der Waals surface area contributed by atoms with Crippen LogP contribution in [0.1, 0.15) is 31.7 Å². The predicted molar refractivity (Wildman–Crippen MR) is 77.2 cm³/mol. The lowest BCUT2D eigenvalue weighted by Gasteiger charge is -2.10.